The van der Waals surface area contributed by atoms with E-state index in [1.807, 2.05) is 0 Å². The van der Waals surface area contributed by atoms with Gasteiger partial charge >= 0.3 is 0 Å². The highest BCUT2D eigenvalue weighted by Gasteiger charge is 2.32. The number of allylic oxidation sites excluding steroid dienone is 2. The van der Waals surface area contributed by atoms with Crippen LogP contribution in [0, 0.1) is 0 Å². The molecule has 3 rings (SSSR count). The molecule has 1 atom stereocenters. The van der Waals surface area contributed by atoms with E-state index in [2.05, 4.69) is 5.32 Å². The highest BCUT2D eigenvalue weighted by atomic mass is 32.2. The summed E-state index contributed by atoms with van der Waals surface area (Å²) >= 11 is 6.38. The lowest BCUT2D eigenvalue weighted by Gasteiger charge is -2.15. The van der Waals surface area contributed by atoms with E-state index >= 15 is 0 Å². The molecular formula is C17H16N2O5S3. The molecular weight excluding hydrogens is 408 g/mol. The van der Waals surface area contributed by atoms with E-state index in [0.717, 1.165) is 5.41 Å². The molecule has 1 unspecified atom stereocenters. The van der Waals surface area contributed by atoms with Crippen molar-refractivity contribution in [3.63, 3.8) is 0 Å². The van der Waals surface area contributed by atoms with E-state index < -0.39 is 15.9 Å². The Bertz CT molecular complexity index is 945. The molecule has 1 N–H and O–H groups in total. The Hall–Kier alpha value is -2.17. The third-order valence-electron chi connectivity index (χ3n) is 3.76. The van der Waals surface area contributed by atoms with Crippen LogP contribution >= 0.6 is 24.0 Å². The molecule has 1 fully saturated rings. The fourth-order valence-electron chi connectivity index (χ4n) is 2.48. The van der Waals surface area contributed by atoms with Crippen molar-refractivity contribution in [3.05, 3.63) is 52.7 Å². The highest BCUT2D eigenvalue weighted by molar-refractivity contribution is 8.26. The summed E-state index contributed by atoms with van der Waals surface area (Å²) in [5.74, 6) is -0.0611. The SMILES string of the molecule is O=C(CCN1C(=O)C(=CC=Cc2ccco2)SC1=S)NC1C=CS(=O)(=O)C1. The lowest BCUT2D eigenvalue weighted by atomic mass is 10.3. The Morgan fingerprint density at radius 2 is 2.30 bits per heavy atom. The zero-order valence-corrected chi connectivity index (χ0v) is 16.5. The van der Waals surface area contributed by atoms with Crippen LogP contribution in [0.25, 0.3) is 6.08 Å². The normalized spacial score (nSPS) is 23.0. The number of carbonyl (C=O) groups is 2. The summed E-state index contributed by atoms with van der Waals surface area (Å²) < 4.78 is 28.2. The highest BCUT2D eigenvalue weighted by Crippen LogP contribution is 2.31. The van der Waals surface area contributed by atoms with Gasteiger partial charge in [-0.25, -0.2) is 8.42 Å². The Labute approximate surface area is 166 Å². The van der Waals surface area contributed by atoms with Crippen LogP contribution in [0.15, 0.2) is 51.4 Å². The van der Waals surface area contributed by atoms with Gasteiger partial charge in [0.1, 0.15) is 10.1 Å². The fourth-order valence-corrected chi connectivity index (χ4v) is 4.98. The number of carbonyl (C=O) groups excluding carboxylic acids is 2. The summed E-state index contributed by atoms with van der Waals surface area (Å²) in [5.41, 5.74) is 0. The molecule has 2 aliphatic heterocycles. The number of thiocarbonyl (C=S) groups is 1. The minimum atomic E-state index is -3.23. The lowest BCUT2D eigenvalue weighted by molar-refractivity contribution is -0.124. The van der Waals surface area contributed by atoms with Crippen LogP contribution in [0.4, 0.5) is 0 Å². The summed E-state index contributed by atoms with van der Waals surface area (Å²) in [4.78, 5) is 26.3. The summed E-state index contributed by atoms with van der Waals surface area (Å²) in [6.45, 7) is 0.138. The van der Waals surface area contributed by atoms with Crippen LogP contribution in [0.1, 0.15) is 12.2 Å². The summed E-state index contributed by atoms with van der Waals surface area (Å²) in [6, 6.07) is 3.03. The number of nitrogens with zero attached hydrogens (tertiary/aromatic N) is 1. The average molecular weight is 425 g/mol. The molecule has 1 saturated heterocycles. The quantitative estimate of drug-likeness (QED) is 0.550. The molecule has 142 valence electrons. The molecule has 10 heteroatoms. The fraction of sp³-hybridized carbons (Fsp3) is 0.235. The second-order valence-corrected chi connectivity index (χ2v) is 9.42. The van der Waals surface area contributed by atoms with Crippen LogP contribution in [-0.4, -0.2) is 47.8 Å². The van der Waals surface area contributed by atoms with Gasteiger partial charge in [0, 0.05) is 18.4 Å². The van der Waals surface area contributed by atoms with Gasteiger partial charge in [-0.15, -0.1) is 0 Å². The van der Waals surface area contributed by atoms with Crippen molar-refractivity contribution >= 4 is 56.0 Å². The summed E-state index contributed by atoms with van der Waals surface area (Å²) in [7, 11) is -3.23. The minimum absolute atomic E-state index is 0.0341. The molecule has 2 aliphatic rings. The van der Waals surface area contributed by atoms with Crippen molar-refractivity contribution in [2.45, 2.75) is 12.5 Å². The number of rotatable bonds is 6. The van der Waals surface area contributed by atoms with Crippen molar-refractivity contribution in [3.8, 4) is 0 Å². The van der Waals surface area contributed by atoms with Crippen molar-refractivity contribution in [2.24, 2.45) is 0 Å². The number of sulfone groups is 1. The molecule has 3 heterocycles. The molecule has 2 amide bonds. The van der Waals surface area contributed by atoms with Gasteiger partial charge in [-0.3, -0.25) is 14.5 Å². The van der Waals surface area contributed by atoms with Crippen LogP contribution in [0.3, 0.4) is 0 Å². The molecule has 0 aromatic carbocycles. The van der Waals surface area contributed by atoms with E-state index in [1.165, 1.54) is 22.7 Å². The standard InChI is InChI=1S/C17H16N2O5S3/c20-15(18-12-7-10-27(22,23)11-12)6-8-19-16(21)14(26-17(19)25)5-1-3-13-4-2-9-24-13/h1-5,7,9-10,12H,6,8,11H2,(H,18,20). The smallest absolute Gasteiger partial charge is 0.266 e. The van der Waals surface area contributed by atoms with Crippen molar-refractivity contribution in [1.29, 1.82) is 0 Å². The number of amides is 2. The maximum absolute atomic E-state index is 12.4. The van der Waals surface area contributed by atoms with Crippen molar-refractivity contribution < 1.29 is 22.4 Å². The Morgan fingerprint density at radius 3 is 2.96 bits per heavy atom. The largest absolute Gasteiger partial charge is 0.465 e. The first-order valence-electron chi connectivity index (χ1n) is 8.00. The van der Waals surface area contributed by atoms with Gasteiger partial charge in [0.05, 0.1) is 23.0 Å². The second-order valence-electron chi connectivity index (χ2n) is 5.81. The first-order chi connectivity index (χ1) is 12.8. The second kappa shape index (κ2) is 8.24. The molecule has 7 nitrogen and oxygen atoms in total. The van der Waals surface area contributed by atoms with E-state index in [9.17, 15) is 18.0 Å². The molecule has 0 radical (unpaired) electrons. The third kappa shape index (κ3) is 5.18. The first kappa shape index (κ1) is 19.6. The molecule has 0 aliphatic carbocycles. The molecule has 0 bridgehead atoms. The Morgan fingerprint density at radius 1 is 1.48 bits per heavy atom. The van der Waals surface area contributed by atoms with Gasteiger partial charge in [0.2, 0.25) is 5.91 Å². The van der Waals surface area contributed by atoms with Gasteiger partial charge in [0.15, 0.2) is 9.84 Å². The molecule has 27 heavy (non-hydrogen) atoms. The number of furan rings is 1. The van der Waals surface area contributed by atoms with E-state index in [4.69, 9.17) is 16.6 Å². The van der Waals surface area contributed by atoms with E-state index in [1.54, 1.807) is 36.6 Å². The zero-order valence-electron chi connectivity index (χ0n) is 14.0. The minimum Gasteiger partial charge on any atom is -0.465 e. The van der Waals surface area contributed by atoms with E-state index in [-0.39, 0.29) is 30.5 Å². The predicted molar refractivity (Wildman–Crippen MR) is 107 cm³/mol. The van der Waals surface area contributed by atoms with Gasteiger partial charge in [-0.05, 0) is 30.4 Å². The van der Waals surface area contributed by atoms with Gasteiger partial charge in [0.25, 0.3) is 5.91 Å². The zero-order chi connectivity index (χ0) is 19.4. The maximum Gasteiger partial charge on any atom is 0.266 e. The number of hydrogen-bond donors (Lipinski definition) is 1. The summed E-state index contributed by atoms with van der Waals surface area (Å²) in [6.07, 6.45) is 8.11. The molecule has 1 aromatic rings. The number of thioether (sulfide) groups is 1. The average Bonchev–Trinajstić information content (AvgIpc) is 3.28. The number of hydrogen-bond acceptors (Lipinski definition) is 7. The topological polar surface area (TPSA) is 96.7 Å². The Balaban J connectivity index is 1.51. The number of nitrogens with one attached hydrogen (secondary N) is 1. The first-order valence-corrected chi connectivity index (χ1v) is 10.9. The Kier molecular flexibility index (Phi) is 5.98. The summed E-state index contributed by atoms with van der Waals surface area (Å²) in [5, 5.41) is 3.72. The van der Waals surface area contributed by atoms with Gasteiger partial charge in [-0.1, -0.05) is 30.1 Å². The molecule has 1 aromatic heterocycles. The van der Waals surface area contributed by atoms with Crippen molar-refractivity contribution in [1.82, 2.24) is 10.2 Å². The monoisotopic (exact) mass is 424 g/mol. The maximum atomic E-state index is 12.4. The molecule has 0 spiro atoms. The van der Waals surface area contributed by atoms with Gasteiger partial charge < -0.3 is 9.73 Å². The predicted octanol–water partition coefficient (Wildman–Crippen LogP) is 1.85. The van der Waals surface area contributed by atoms with Crippen LogP contribution in [0.2, 0.25) is 0 Å². The van der Waals surface area contributed by atoms with Crippen LogP contribution < -0.4 is 5.32 Å². The lowest BCUT2D eigenvalue weighted by Crippen LogP contribution is -2.38. The van der Waals surface area contributed by atoms with Crippen molar-refractivity contribution in [2.75, 3.05) is 12.3 Å². The molecule has 0 saturated carbocycles. The van der Waals surface area contributed by atoms with Crippen LogP contribution in [-0.2, 0) is 19.4 Å². The van der Waals surface area contributed by atoms with Crippen LogP contribution in [0.5, 0.6) is 0 Å². The van der Waals surface area contributed by atoms with Gasteiger partial charge in [-0.2, -0.15) is 0 Å². The third-order valence-corrected chi connectivity index (χ3v) is 6.56. The van der Waals surface area contributed by atoms with E-state index in [0.29, 0.717) is 15.0 Å².